The highest BCUT2D eigenvalue weighted by atomic mass is 16.5. The monoisotopic (exact) mass is 355 g/mol. The zero-order chi connectivity index (χ0) is 18.3. The Morgan fingerprint density at radius 1 is 1.35 bits per heavy atom. The second-order valence-electron chi connectivity index (χ2n) is 7.07. The van der Waals surface area contributed by atoms with E-state index in [1.807, 2.05) is 12.1 Å². The molecule has 3 heterocycles. The summed E-state index contributed by atoms with van der Waals surface area (Å²) < 4.78 is 10.3. The van der Waals surface area contributed by atoms with E-state index in [0.29, 0.717) is 30.1 Å². The van der Waals surface area contributed by atoms with Gasteiger partial charge in [-0.1, -0.05) is 11.2 Å². The molecule has 2 aromatic rings. The van der Waals surface area contributed by atoms with Crippen LogP contribution in [0, 0.1) is 6.92 Å². The minimum atomic E-state index is -0.409. The maximum Gasteiger partial charge on any atom is 0.292 e. The predicted octanol–water partition coefficient (Wildman–Crippen LogP) is 1.95. The first-order chi connectivity index (χ1) is 12.5. The van der Waals surface area contributed by atoms with Gasteiger partial charge in [0.15, 0.2) is 0 Å². The van der Waals surface area contributed by atoms with Crippen molar-refractivity contribution in [3.63, 3.8) is 0 Å². The Bertz CT molecular complexity index is 875. The molecule has 4 rings (SSSR count). The molecule has 1 saturated heterocycles. The summed E-state index contributed by atoms with van der Waals surface area (Å²) in [7, 11) is 1.59. The number of nitrogens with zero attached hydrogens (tertiary/aromatic N) is 2. The van der Waals surface area contributed by atoms with Gasteiger partial charge in [0.2, 0.25) is 5.76 Å². The van der Waals surface area contributed by atoms with Crippen LogP contribution in [0.2, 0.25) is 0 Å². The van der Waals surface area contributed by atoms with Crippen molar-refractivity contribution >= 4 is 11.8 Å². The van der Waals surface area contributed by atoms with Gasteiger partial charge in [0.1, 0.15) is 5.75 Å². The quantitative estimate of drug-likeness (QED) is 0.890. The fourth-order valence-corrected chi connectivity index (χ4v) is 3.83. The lowest BCUT2D eigenvalue weighted by Crippen LogP contribution is -2.50. The first-order valence-electron chi connectivity index (χ1n) is 8.72. The van der Waals surface area contributed by atoms with Gasteiger partial charge in [0.05, 0.1) is 18.3 Å². The molecular weight excluding hydrogens is 334 g/mol. The molecule has 26 heavy (non-hydrogen) atoms. The highest BCUT2D eigenvalue weighted by Crippen LogP contribution is 2.32. The van der Waals surface area contributed by atoms with Gasteiger partial charge in [-0.05, 0) is 43.9 Å². The second-order valence-corrected chi connectivity index (χ2v) is 7.07. The number of ether oxygens (including phenoxy) is 1. The van der Waals surface area contributed by atoms with Crippen molar-refractivity contribution < 1.29 is 18.8 Å². The molecule has 0 unspecified atom stereocenters. The summed E-state index contributed by atoms with van der Waals surface area (Å²) in [5, 5.41) is 6.95. The number of aryl methyl sites for hydroxylation is 2. The standard InChI is InChI=1S/C19H21N3O4/c1-12-9-16(26-21-12)18(24)22-8-7-19(11-22)6-5-13-3-4-14(25-2)10-15(13)17(23)20-19/h3-4,9-10H,5-8,11H2,1-2H3,(H,20,23)/t19-/m1/s1. The first kappa shape index (κ1) is 16.6. The molecular formula is C19H21N3O4. The summed E-state index contributed by atoms with van der Waals surface area (Å²) in [6.45, 7) is 2.84. The molecule has 7 heteroatoms. The number of hydrogen-bond donors (Lipinski definition) is 1. The lowest BCUT2D eigenvalue weighted by Gasteiger charge is -2.28. The molecule has 7 nitrogen and oxygen atoms in total. The predicted molar refractivity (Wildman–Crippen MR) is 93.3 cm³/mol. The number of carbonyl (C=O) groups is 2. The molecule has 1 atom stereocenters. The van der Waals surface area contributed by atoms with E-state index in [1.54, 1.807) is 31.1 Å². The summed E-state index contributed by atoms with van der Waals surface area (Å²) in [6, 6.07) is 7.24. The number of methoxy groups -OCH3 is 1. The molecule has 1 fully saturated rings. The fraction of sp³-hybridized carbons (Fsp3) is 0.421. The Labute approximate surface area is 151 Å². The molecule has 1 aromatic carbocycles. The van der Waals surface area contributed by atoms with Gasteiger partial charge in [-0.25, -0.2) is 0 Å². The largest absolute Gasteiger partial charge is 0.497 e. The van der Waals surface area contributed by atoms with Crippen molar-refractivity contribution in [3.8, 4) is 5.75 Å². The number of aromatic nitrogens is 1. The number of benzene rings is 1. The fourth-order valence-electron chi connectivity index (χ4n) is 3.83. The minimum absolute atomic E-state index is 0.110. The smallest absolute Gasteiger partial charge is 0.292 e. The van der Waals surface area contributed by atoms with Crippen LogP contribution in [0.1, 0.15) is 45.0 Å². The lowest BCUT2D eigenvalue weighted by atomic mass is 9.91. The van der Waals surface area contributed by atoms with Crippen molar-refractivity contribution in [1.82, 2.24) is 15.4 Å². The van der Waals surface area contributed by atoms with E-state index < -0.39 is 5.54 Å². The van der Waals surface area contributed by atoms with E-state index in [0.717, 1.165) is 24.8 Å². The van der Waals surface area contributed by atoms with Gasteiger partial charge in [0.25, 0.3) is 11.8 Å². The molecule has 136 valence electrons. The van der Waals surface area contributed by atoms with Crippen molar-refractivity contribution in [2.24, 2.45) is 0 Å². The molecule has 0 bridgehead atoms. The Morgan fingerprint density at radius 3 is 2.92 bits per heavy atom. The Kier molecular flexibility index (Phi) is 3.94. The number of carbonyl (C=O) groups excluding carboxylic acids is 2. The second kappa shape index (κ2) is 6.16. The van der Waals surface area contributed by atoms with Crippen LogP contribution in [-0.4, -0.2) is 47.6 Å². The van der Waals surface area contributed by atoms with Crippen LogP contribution in [0.4, 0.5) is 0 Å². The van der Waals surface area contributed by atoms with Crippen molar-refractivity contribution in [1.29, 1.82) is 0 Å². The topological polar surface area (TPSA) is 84.7 Å². The van der Waals surface area contributed by atoms with E-state index in [1.165, 1.54) is 0 Å². The Morgan fingerprint density at radius 2 is 2.19 bits per heavy atom. The SMILES string of the molecule is COc1ccc2c(c1)C(=O)N[C@]1(CC2)CCN(C(=O)c2cc(C)no2)C1. The number of rotatable bonds is 2. The maximum absolute atomic E-state index is 12.8. The van der Waals surface area contributed by atoms with E-state index in [2.05, 4.69) is 10.5 Å². The molecule has 2 aliphatic heterocycles. The molecule has 2 amide bonds. The van der Waals surface area contributed by atoms with Crippen molar-refractivity contribution in [2.75, 3.05) is 20.2 Å². The molecule has 0 aliphatic carbocycles. The number of hydrogen-bond acceptors (Lipinski definition) is 5. The van der Waals surface area contributed by atoms with Crippen LogP contribution in [0.15, 0.2) is 28.8 Å². The van der Waals surface area contributed by atoms with Crippen LogP contribution < -0.4 is 10.1 Å². The first-order valence-corrected chi connectivity index (χ1v) is 8.72. The van der Waals surface area contributed by atoms with Crippen LogP contribution in [0.5, 0.6) is 5.75 Å². The molecule has 1 N–H and O–H groups in total. The van der Waals surface area contributed by atoms with E-state index in [4.69, 9.17) is 9.26 Å². The normalized spacial score (nSPS) is 22.1. The highest BCUT2D eigenvalue weighted by Gasteiger charge is 2.43. The Hall–Kier alpha value is -2.83. The van der Waals surface area contributed by atoms with Gasteiger partial charge < -0.3 is 19.5 Å². The third kappa shape index (κ3) is 2.83. The van der Waals surface area contributed by atoms with Crippen LogP contribution in [-0.2, 0) is 6.42 Å². The number of likely N-dealkylation sites (tertiary alicyclic amines) is 1. The number of fused-ring (bicyclic) bond motifs is 1. The zero-order valence-electron chi connectivity index (χ0n) is 14.9. The average molecular weight is 355 g/mol. The van der Waals surface area contributed by atoms with E-state index in [9.17, 15) is 9.59 Å². The van der Waals surface area contributed by atoms with Crippen LogP contribution in [0.3, 0.4) is 0 Å². The summed E-state index contributed by atoms with van der Waals surface area (Å²) in [5.41, 5.74) is 1.93. The summed E-state index contributed by atoms with van der Waals surface area (Å²) >= 11 is 0. The summed E-state index contributed by atoms with van der Waals surface area (Å²) in [4.78, 5) is 27.1. The maximum atomic E-state index is 12.8. The van der Waals surface area contributed by atoms with Crippen LogP contribution in [0.25, 0.3) is 0 Å². The van der Waals surface area contributed by atoms with Gasteiger partial charge in [-0.3, -0.25) is 9.59 Å². The molecule has 2 aliphatic rings. The molecule has 1 spiro atoms. The Balaban J connectivity index is 1.54. The third-order valence-corrected chi connectivity index (χ3v) is 5.29. The molecule has 0 radical (unpaired) electrons. The third-order valence-electron chi connectivity index (χ3n) is 5.29. The number of nitrogens with one attached hydrogen (secondary N) is 1. The van der Waals surface area contributed by atoms with Crippen LogP contribution >= 0.6 is 0 Å². The van der Waals surface area contributed by atoms with Crippen molar-refractivity contribution in [2.45, 2.75) is 31.7 Å². The highest BCUT2D eigenvalue weighted by molar-refractivity contribution is 5.97. The summed E-state index contributed by atoms with van der Waals surface area (Å²) in [6.07, 6.45) is 2.29. The van der Waals surface area contributed by atoms with E-state index in [-0.39, 0.29) is 17.6 Å². The minimum Gasteiger partial charge on any atom is -0.497 e. The van der Waals surface area contributed by atoms with Gasteiger partial charge in [-0.15, -0.1) is 0 Å². The van der Waals surface area contributed by atoms with Gasteiger partial charge >= 0.3 is 0 Å². The van der Waals surface area contributed by atoms with Crippen molar-refractivity contribution in [3.05, 3.63) is 46.8 Å². The van der Waals surface area contributed by atoms with Gasteiger partial charge in [-0.2, -0.15) is 0 Å². The average Bonchev–Trinajstić information content (AvgIpc) is 3.23. The lowest BCUT2D eigenvalue weighted by molar-refractivity contribution is 0.0726. The summed E-state index contributed by atoms with van der Waals surface area (Å²) in [5.74, 6) is 0.618. The zero-order valence-corrected chi connectivity index (χ0v) is 14.9. The van der Waals surface area contributed by atoms with Gasteiger partial charge in [0, 0.05) is 24.7 Å². The number of amides is 2. The molecule has 0 saturated carbocycles. The van der Waals surface area contributed by atoms with E-state index >= 15 is 0 Å². The molecule has 1 aromatic heterocycles.